The lowest BCUT2D eigenvalue weighted by atomic mass is 10.1. The number of carbonyl (C=O) groups excluding carboxylic acids is 1. The number of aromatic nitrogens is 2. The molecule has 0 radical (unpaired) electrons. The second-order valence-electron chi connectivity index (χ2n) is 3.02. The molecule has 2 heterocycles. The van der Waals surface area contributed by atoms with E-state index >= 15 is 0 Å². The van der Waals surface area contributed by atoms with Crippen molar-refractivity contribution in [3.8, 4) is 0 Å². The van der Waals surface area contributed by atoms with Crippen molar-refractivity contribution in [2.45, 2.75) is 6.42 Å². The molecule has 70 valence electrons. The Balaban J connectivity index is 1.91. The molecule has 1 aromatic rings. The third-order valence-corrected chi connectivity index (χ3v) is 2.06. The smallest absolute Gasteiger partial charge is 0.231 e. The SMILES string of the molecule is O=C(Nc1ccn[nH]1)[C@H]1CCOC1. The summed E-state index contributed by atoms with van der Waals surface area (Å²) in [7, 11) is 0. The Morgan fingerprint density at radius 3 is 3.31 bits per heavy atom. The van der Waals surface area contributed by atoms with Crippen LogP contribution in [0.3, 0.4) is 0 Å². The summed E-state index contributed by atoms with van der Waals surface area (Å²) in [5, 5.41) is 9.13. The Kier molecular flexibility index (Phi) is 2.27. The predicted molar refractivity (Wildman–Crippen MR) is 46.1 cm³/mol. The topological polar surface area (TPSA) is 67.0 Å². The second-order valence-corrected chi connectivity index (χ2v) is 3.02. The molecule has 13 heavy (non-hydrogen) atoms. The molecule has 2 N–H and O–H groups in total. The van der Waals surface area contributed by atoms with Crippen LogP contribution in [0.25, 0.3) is 0 Å². The molecule has 1 saturated heterocycles. The average Bonchev–Trinajstić information content (AvgIpc) is 2.74. The van der Waals surface area contributed by atoms with Crippen LogP contribution in [0.5, 0.6) is 0 Å². The molecule has 2 rings (SSSR count). The van der Waals surface area contributed by atoms with Gasteiger partial charge in [0.1, 0.15) is 5.82 Å². The number of rotatable bonds is 2. The fraction of sp³-hybridized carbons (Fsp3) is 0.500. The van der Waals surface area contributed by atoms with Gasteiger partial charge in [-0.2, -0.15) is 5.10 Å². The lowest BCUT2D eigenvalue weighted by molar-refractivity contribution is -0.119. The Labute approximate surface area is 75.5 Å². The van der Waals surface area contributed by atoms with E-state index in [1.807, 2.05) is 0 Å². The van der Waals surface area contributed by atoms with Gasteiger partial charge in [-0.1, -0.05) is 0 Å². The maximum atomic E-state index is 11.5. The number of nitrogens with zero attached hydrogens (tertiary/aromatic N) is 1. The van der Waals surface area contributed by atoms with E-state index in [1.165, 1.54) is 0 Å². The fourth-order valence-electron chi connectivity index (χ4n) is 1.30. The number of nitrogens with one attached hydrogen (secondary N) is 2. The average molecular weight is 181 g/mol. The van der Waals surface area contributed by atoms with Crippen molar-refractivity contribution in [3.63, 3.8) is 0 Å². The molecule has 1 aromatic heterocycles. The van der Waals surface area contributed by atoms with Crippen LogP contribution in [0, 0.1) is 5.92 Å². The molecule has 5 heteroatoms. The summed E-state index contributed by atoms with van der Waals surface area (Å²) in [5.74, 6) is 0.627. The molecule has 1 amide bonds. The van der Waals surface area contributed by atoms with Crippen molar-refractivity contribution >= 4 is 11.7 Å². The van der Waals surface area contributed by atoms with Gasteiger partial charge >= 0.3 is 0 Å². The summed E-state index contributed by atoms with van der Waals surface area (Å²) in [6.45, 7) is 1.21. The van der Waals surface area contributed by atoms with Crippen LogP contribution in [-0.4, -0.2) is 29.3 Å². The van der Waals surface area contributed by atoms with Crippen molar-refractivity contribution < 1.29 is 9.53 Å². The van der Waals surface area contributed by atoms with Crippen LogP contribution in [0.1, 0.15) is 6.42 Å². The minimum absolute atomic E-state index is 0.00162. The van der Waals surface area contributed by atoms with Crippen LogP contribution in [0.4, 0.5) is 5.82 Å². The first kappa shape index (κ1) is 8.25. The van der Waals surface area contributed by atoms with E-state index in [4.69, 9.17) is 4.74 Å². The van der Waals surface area contributed by atoms with Gasteiger partial charge in [0, 0.05) is 12.7 Å². The van der Waals surface area contributed by atoms with E-state index in [-0.39, 0.29) is 11.8 Å². The number of hydrogen-bond donors (Lipinski definition) is 2. The monoisotopic (exact) mass is 181 g/mol. The zero-order valence-electron chi connectivity index (χ0n) is 7.12. The quantitative estimate of drug-likeness (QED) is 0.693. The maximum Gasteiger partial charge on any atom is 0.231 e. The van der Waals surface area contributed by atoms with E-state index in [0.717, 1.165) is 6.42 Å². The van der Waals surface area contributed by atoms with Crippen LogP contribution >= 0.6 is 0 Å². The van der Waals surface area contributed by atoms with Gasteiger partial charge in [-0.25, -0.2) is 0 Å². The zero-order chi connectivity index (χ0) is 9.10. The van der Waals surface area contributed by atoms with Crippen molar-refractivity contribution in [2.75, 3.05) is 18.5 Å². The highest BCUT2D eigenvalue weighted by Gasteiger charge is 2.23. The lowest BCUT2D eigenvalue weighted by Gasteiger charge is -2.06. The zero-order valence-corrected chi connectivity index (χ0v) is 7.12. The van der Waals surface area contributed by atoms with Crippen molar-refractivity contribution in [3.05, 3.63) is 12.3 Å². The number of aromatic amines is 1. The Morgan fingerprint density at radius 2 is 2.69 bits per heavy atom. The number of H-pyrrole nitrogens is 1. The molecule has 0 aromatic carbocycles. The molecule has 1 fully saturated rings. The summed E-state index contributed by atoms with van der Waals surface area (Å²) in [4.78, 5) is 11.5. The first-order valence-corrected chi connectivity index (χ1v) is 4.24. The lowest BCUT2D eigenvalue weighted by Crippen LogP contribution is -2.22. The summed E-state index contributed by atoms with van der Waals surface area (Å²) < 4.78 is 5.11. The molecule has 1 aliphatic rings. The molecule has 0 aliphatic carbocycles. The predicted octanol–water partition coefficient (Wildman–Crippen LogP) is 0.385. The van der Waals surface area contributed by atoms with Gasteiger partial charge in [0.05, 0.1) is 18.7 Å². The summed E-state index contributed by atoms with van der Waals surface area (Å²) in [5.41, 5.74) is 0. The Morgan fingerprint density at radius 1 is 1.77 bits per heavy atom. The van der Waals surface area contributed by atoms with E-state index in [0.29, 0.717) is 19.0 Å². The van der Waals surface area contributed by atoms with Crippen molar-refractivity contribution in [1.29, 1.82) is 0 Å². The second kappa shape index (κ2) is 3.57. The van der Waals surface area contributed by atoms with Gasteiger partial charge in [-0.15, -0.1) is 0 Å². The summed E-state index contributed by atoms with van der Waals surface area (Å²) in [6, 6.07) is 1.72. The van der Waals surface area contributed by atoms with Gasteiger partial charge in [-0.3, -0.25) is 9.89 Å². The Hall–Kier alpha value is -1.36. The number of amides is 1. The maximum absolute atomic E-state index is 11.5. The third-order valence-electron chi connectivity index (χ3n) is 2.06. The highest BCUT2D eigenvalue weighted by molar-refractivity contribution is 5.91. The molecule has 1 atom stereocenters. The summed E-state index contributed by atoms with van der Waals surface area (Å²) in [6.07, 6.45) is 2.40. The number of carbonyl (C=O) groups is 1. The molecule has 0 spiro atoms. The van der Waals surface area contributed by atoms with Crippen LogP contribution in [-0.2, 0) is 9.53 Å². The number of hydrogen-bond acceptors (Lipinski definition) is 3. The first-order chi connectivity index (χ1) is 6.36. The minimum atomic E-state index is -0.0108. The van der Waals surface area contributed by atoms with E-state index in [2.05, 4.69) is 15.5 Å². The molecule has 0 unspecified atom stereocenters. The normalized spacial score (nSPS) is 21.7. The number of ether oxygens (including phenoxy) is 1. The largest absolute Gasteiger partial charge is 0.381 e. The van der Waals surface area contributed by atoms with Crippen molar-refractivity contribution in [1.82, 2.24) is 10.2 Å². The highest BCUT2D eigenvalue weighted by atomic mass is 16.5. The van der Waals surface area contributed by atoms with Gasteiger partial charge in [-0.05, 0) is 6.42 Å². The van der Waals surface area contributed by atoms with Gasteiger partial charge in [0.25, 0.3) is 0 Å². The van der Waals surface area contributed by atoms with Gasteiger partial charge < -0.3 is 10.1 Å². The van der Waals surface area contributed by atoms with E-state index in [1.54, 1.807) is 12.3 Å². The van der Waals surface area contributed by atoms with Crippen LogP contribution < -0.4 is 5.32 Å². The molecule has 1 aliphatic heterocycles. The third kappa shape index (κ3) is 1.86. The fourth-order valence-corrected chi connectivity index (χ4v) is 1.30. The molecular weight excluding hydrogens is 170 g/mol. The van der Waals surface area contributed by atoms with E-state index in [9.17, 15) is 4.79 Å². The van der Waals surface area contributed by atoms with Crippen LogP contribution in [0.15, 0.2) is 12.3 Å². The number of anilines is 1. The molecule has 0 bridgehead atoms. The van der Waals surface area contributed by atoms with E-state index < -0.39 is 0 Å². The van der Waals surface area contributed by atoms with Gasteiger partial charge in [0.15, 0.2) is 0 Å². The van der Waals surface area contributed by atoms with Gasteiger partial charge in [0.2, 0.25) is 5.91 Å². The first-order valence-electron chi connectivity index (χ1n) is 4.24. The Bertz CT molecular complexity index is 278. The minimum Gasteiger partial charge on any atom is -0.381 e. The van der Waals surface area contributed by atoms with Crippen LogP contribution in [0.2, 0.25) is 0 Å². The van der Waals surface area contributed by atoms with Crippen molar-refractivity contribution in [2.24, 2.45) is 5.92 Å². The molecular formula is C8H11N3O2. The molecule has 0 saturated carbocycles. The highest BCUT2D eigenvalue weighted by Crippen LogP contribution is 2.14. The molecule has 5 nitrogen and oxygen atoms in total. The standard InChI is InChI=1S/C8H11N3O2/c12-8(6-2-4-13-5-6)10-7-1-3-9-11-7/h1,3,6H,2,4-5H2,(H2,9,10,11,12)/t6-/m0/s1. The summed E-state index contributed by atoms with van der Waals surface area (Å²) >= 11 is 0.